The number of benzene rings is 1. The molecule has 0 radical (unpaired) electrons. The van der Waals surface area contributed by atoms with E-state index in [1.807, 2.05) is 24.5 Å². The molecule has 2 aromatic rings. The van der Waals surface area contributed by atoms with Crippen LogP contribution in [-0.4, -0.2) is 21.6 Å². The van der Waals surface area contributed by atoms with Crippen LogP contribution in [0, 0.1) is 0 Å². The van der Waals surface area contributed by atoms with E-state index in [2.05, 4.69) is 45.2 Å². The first-order valence-corrected chi connectivity index (χ1v) is 7.00. The van der Waals surface area contributed by atoms with Crippen LogP contribution in [0.5, 0.6) is 0 Å². The van der Waals surface area contributed by atoms with Gasteiger partial charge in [-0.05, 0) is 18.4 Å². The number of fused-ring (bicyclic) bond motifs is 1. The van der Waals surface area contributed by atoms with E-state index in [0.717, 1.165) is 28.6 Å². The largest absolute Gasteiger partial charge is 0.340 e. The van der Waals surface area contributed by atoms with Crippen molar-refractivity contribution in [3.05, 3.63) is 59.9 Å². The number of hydrogen-bond acceptors (Lipinski definition) is 3. The fourth-order valence-electron chi connectivity index (χ4n) is 2.01. The van der Waals surface area contributed by atoms with Crippen molar-refractivity contribution in [2.75, 3.05) is 6.26 Å². The summed E-state index contributed by atoms with van der Waals surface area (Å²) in [5.41, 5.74) is 3.15. The second-order valence-corrected chi connectivity index (χ2v) is 4.91. The van der Waals surface area contributed by atoms with Crippen molar-refractivity contribution < 1.29 is 0 Å². The molecule has 0 atom stereocenters. The lowest BCUT2D eigenvalue weighted by Crippen LogP contribution is -2.11. The lowest BCUT2D eigenvalue weighted by atomic mass is 10.1. The van der Waals surface area contributed by atoms with Crippen LogP contribution in [0.25, 0.3) is 0 Å². The van der Waals surface area contributed by atoms with Crippen molar-refractivity contribution in [2.45, 2.75) is 6.54 Å². The average Bonchev–Trinajstić information content (AvgIpc) is 2.80. The van der Waals surface area contributed by atoms with Crippen molar-refractivity contribution in [3.8, 4) is 0 Å². The monoisotopic (exact) mass is 255 g/mol. The Labute approximate surface area is 110 Å². The fraction of sp³-hybridized carbons (Fsp3) is 0.143. The van der Waals surface area contributed by atoms with E-state index >= 15 is 0 Å². The molecule has 0 bridgehead atoms. The summed E-state index contributed by atoms with van der Waals surface area (Å²) >= 11 is 1.65. The Morgan fingerprint density at radius 2 is 1.89 bits per heavy atom. The molecular formula is C14H13N3S. The second kappa shape index (κ2) is 4.82. The zero-order valence-corrected chi connectivity index (χ0v) is 10.9. The van der Waals surface area contributed by atoms with E-state index in [0.29, 0.717) is 0 Å². The molecule has 0 saturated carbocycles. The molecule has 0 fully saturated rings. The topological polar surface area (TPSA) is 29.6 Å². The first kappa shape index (κ1) is 11.3. The molecule has 3 nitrogen and oxygen atoms in total. The molecule has 1 aromatic carbocycles. The molecule has 1 aromatic heterocycles. The van der Waals surface area contributed by atoms with Gasteiger partial charge in [-0.1, -0.05) is 30.3 Å². The van der Waals surface area contributed by atoms with E-state index in [1.165, 1.54) is 0 Å². The summed E-state index contributed by atoms with van der Waals surface area (Å²) in [4.78, 5) is 0. The molecule has 1 aliphatic heterocycles. The molecule has 0 amide bonds. The van der Waals surface area contributed by atoms with Gasteiger partial charge in [0.1, 0.15) is 10.8 Å². The highest BCUT2D eigenvalue weighted by Gasteiger charge is 2.15. The maximum Gasteiger partial charge on any atom is 0.117 e. The van der Waals surface area contributed by atoms with Crippen LogP contribution >= 0.6 is 11.8 Å². The highest BCUT2D eigenvalue weighted by molar-refractivity contribution is 8.13. The van der Waals surface area contributed by atoms with Crippen LogP contribution in [0.3, 0.4) is 0 Å². The van der Waals surface area contributed by atoms with Crippen LogP contribution < -0.4 is 0 Å². The summed E-state index contributed by atoms with van der Waals surface area (Å²) in [6.07, 6.45) is 4.11. The van der Waals surface area contributed by atoms with E-state index in [1.54, 1.807) is 11.8 Å². The minimum absolute atomic E-state index is 0.795. The van der Waals surface area contributed by atoms with Gasteiger partial charge in [-0.25, -0.2) is 0 Å². The minimum atomic E-state index is 0.795. The third-order valence-corrected chi connectivity index (χ3v) is 3.60. The van der Waals surface area contributed by atoms with E-state index in [4.69, 9.17) is 0 Å². The Morgan fingerprint density at radius 3 is 2.67 bits per heavy atom. The van der Waals surface area contributed by atoms with Gasteiger partial charge in [-0.3, -0.25) is 0 Å². The number of hydrogen-bond donors (Lipinski definition) is 0. The summed E-state index contributed by atoms with van der Waals surface area (Å²) < 4.78 is 2.19. The summed E-state index contributed by atoms with van der Waals surface area (Å²) in [6.45, 7) is 0.795. The van der Waals surface area contributed by atoms with Gasteiger partial charge in [0.05, 0.1) is 12.2 Å². The third kappa shape index (κ3) is 1.99. The van der Waals surface area contributed by atoms with Crippen LogP contribution in [0.4, 0.5) is 0 Å². The maximum absolute atomic E-state index is 4.42. The van der Waals surface area contributed by atoms with Crippen molar-refractivity contribution in [1.82, 2.24) is 4.57 Å². The van der Waals surface area contributed by atoms with E-state index in [-0.39, 0.29) is 0 Å². The minimum Gasteiger partial charge on any atom is -0.340 e. The summed E-state index contributed by atoms with van der Waals surface area (Å²) in [5.74, 6) is 0. The van der Waals surface area contributed by atoms with Gasteiger partial charge in [0.25, 0.3) is 0 Å². The van der Waals surface area contributed by atoms with Crippen LogP contribution in [0.2, 0.25) is 0 Å². The lowest BCUT2D eigenvalue weighted by Gasteiger charge is -2.07. The Kier molecular flexibility index (Phi) is 3.02. The molecule has 0 aliphatic carbocycles. The molecule has 0 spiro atoms. The first-order chi connectivity index (χ1) is 8.88. The average molecular weight is 255 g/mol. The van der Waals surface area contributed by atoms with E-state index in [9.17, 15) is 0 Å². The van der Waals surface area contributed by atoms with Crippen LogP contribution in [-0.2, 0) is 6.54 Å². The third-order valence-electron chi connectivity index (χ3n) is 2.92. The first-order valence-electron chi connectivity index (χ1n) is 5.78. The number of nitrogens with zero attached hydrogens (tertiary/aromatic N) is 3. The Balaban J connectivity index is 2.14. The molecule has 18 heavy (non-hydrogen) atoms. The Bertz CT molecular complexity index is 611. The zero-order chi connectivity index (χ0) is 12.4. The van der Waals surface area contributed by atoms with Crippen LogP contribution in [0.1, 0.15) is 11.3 Å². The quantitative estimate of drug-likeness (QED) is 0.770. The molecule has 0 N–H and O–H groups in total. The molecule has 90 valence electrons. The molecule has 1 aliphatic rings. The normalized spacial score (nSPS) is 14.5. The SMILES string of the molecule is CSC1=NN=C(c2ccccc2)c2cccn2C1. The van der Waals surface area contributed by atoms with Gasteiger partial charge in [0.2, 0.25) is 0 Å². The molecule has 2 heterocycles. The summed E-state index contributed by atoms with van der Waals surface area (Å²) in [5, 5.41) is 9.78. The number of thioether (sulfide) groups is 1. The van der Waals surface area contributed by atoms with Crippen molar-refractivity contribution in [2.24, 2.45) is 10.2 Å². The molecule has 0 unspecified atom stereocenters. The van der Waals surface area contributed by atoms with Gasteiger partial charge in [-0.2, -0.15) is 0 Å². The van der Waals surface area contributed by atoms with Gasteiger partial charge in [-0.15, -0.1) is 22.0 Å². The highest BCUT2D eigenvalue weighted by atomic mass is 32.2. The second-order valence-electron chi connectivity index (χ2n) is 4.03. The van der Waals surface area contributed by atoms with E-state index < -0.39 is 0 Å². The zero-order valence-electron chi connectivity index (χ0n) is 10.1. The molecule has 0 saturated heterocycles. The standard InChI is InChI=1S/C14H13N3S/c1-18-13-10-17-9-5-8-12(17)14(16-15-13)11-6-3-2-4-7-11/h2-9H,10H2,1H3. The Morgan fingerprint density at radius 1 is 1.06 bits per heavy atom. The van der Waals surface area contributed by atoms with Gasteiger partial charge in [0, 0.05) is 11.8 Å². The lowest BCUT2D eigenvalue weighted by molar-refractivity contribution is 0.864. The van der Waals surface area contributed by atoms with Crippen molar-refractivity contribution >= 4 is 22.5 Å². The van der Waals surface area contributed by atoms with Gasteiger partial charge < -0.3 is 4.57 Å². The number of aromatic nitrogens is 1. The molecule has 3 rings (SSSR count). The molecule has 4 heteroatoms. The summed E-state index contributed by atoms with van der Waals surface area (Å²) in [6, 6.07) is 14.3. The van der Waals surface area contributed by atoms with Crippen LogP contribution in [0.15, 0.2) is 58.9 Å². The summed E-state index contributed by atoms with van der Waals surface area (Å²) in [7, 11) is 0. The highest BCUT2D eigenvalue weighted by Crippen LogP contribution is 2.17. The molecular weight excluding hydrogens is 242 g/mol. The van der Waals surface area contributed by atoms with Gasteiger partial charge in [0.15, 0.2) is 0 Å². The Hall–Kier alpha value is -1.81. The van der Waals surface area contributed by atoms with Crippen molar-refractivity contribution in [3.63, 3.8) is 0 Å². The predicted octanol–water partition coefficient (Wildman–Crippen LogP) is 3.02. The van der Waals surface area contributed by atoms with Crippen molar-refractivity contribution in [1.29, 1.82) is 0 Å². The number of rotatable bonds is 1. The smallest absolute Gasteiger partial charge is 0.117 e. The predicted molar refractivity (Wildman–Crippen MR) is 77.5 cm³/mol. The maximum atomic E-state index is 4.42. The fourth-order valence-corrected chi connectivity index (χ4v) is 2.40. The van der Waals surface area contributed by atoms with Gasteiger partial charge >= 0.3 is 0 Å².